The highest BCUT2D eigenvalue weighted by molar-refractivity contribution is 5.87. The number of fused-ring (bicyclic) bond motifs is 1. The minimum Gasteiger partial charge on any atom is -0.465 e. The van der Waals surface area contributed by atoms with Crippen LogP contribution in [-0.2, 0) is 11.8 Å². The van der Waals surface area contributed by atoms with Crippen molar-refractivity contribution in [1.29, 1.82) is 5.26 Å². The molecule has 4 aromatic heterocycles. The number of rotatable bonds is 6. The third kappa shape index (κ3) is 5.31. The highest BCUT2D eigenvalue weighted by Crippen LogP contribution is 2.29. The van der Waals surface area contributed by atoms with Crippen LogP contribution < -0.4 is 10.2 Å². The number of hydrogen-bond donors (Lipinski definition) is 2. The van der Waals surface area contributed by atoms with E-state index in [-0.39, 0.29) is 5.56 Å². The van der Waals surface area contributed by atoms with Crippen LogP contribution in [0.5, 0.6) is 0 Å². The molecule has 13 nitrogen and oxygen atoms in total. The normalized spacial score (nSPS) is 14.0. The summed E-state index contributed by atoms with van der Waals surface area (Å²) in [7, 11) is 1.82. The lowest BCUT2D eigenvalue weighted by atomic mass is 10.0. The summed E-state index contributed by atoms with van der Waals surface area (Å²) in [6.45, 7) is 1.47. The average molecular weight is 581 g/mol. The average Bonchev–Trinajstić information content (AvgIpc) is 3.65. The zero-order chi connectivity index (χ0) is 30.1. The number of benzene rings is 1. The minimum atomic E-state index is -1.42. The molecule has 0 bridgehead atoms. The Kier molecular flexibility index (Phi) is 7.12. The van der Waals surface area contributed by atoms with Crippen LogP contribution in [-0.4, -0.2) is 77.5 Å². The van der Waals surface area contributed by atoms with E-state index in [1.807, 2.05) is 30.3 Å². The molecule has 2 N–H and O–H groups in total. The smallest absolute Gasteiger partial charge is 0.405 e. The van der Waals surface area contributed by atoms with E-state index in [2.05, 4.69) is 26.6 Å². The summed E-state index contributed by atoms with van der Waals surface area (Å²) in [5.74, 6) is -0.500. The maximum Gasteiger partial charge on any atom is 0.405 e. The van der Waals surface area contributed by atoms with Gasteiger partial charge in [-0.2, -0.15) is 15.5 Å². The largest absolute Gasteiger partial charge is 0.465 e. The van der Waals surface area contributed by atoms with Gasteiger partial charge in [-0.1, -0.05) is 18.2 Å². The summed E-state index contributed by atoms with van der Waals surface area (Å²) in [4.78, 5) is 37.7. The van der Waals surface area contributed by atoms with E-state index in [9.17, 15) is 24.3 Å². The quantitative estimate of drug-likeness (QED) is 0.308. The van der Waals surface area contributed by atoms with Gasteiger partial charge in [0.15, 0.2) is 0 Å². The summed E-state index contributed by atoms with van der Waals surface area (Å²) in [5, 5.41) is 29.7. The predicted molar refractivity (Wildman–Crippen MR) is 152 cm³/mol. The van der Waals surface area contributed by atoms with E-state index < -0.39 is 23.9 Å². The zero-order valence-electron chi connectivity index (χ0n) is 22.9. The Bertz CT molecular complexity index is 1870. The number of carbonyl (C=O) groups is 2. The van der Waals surface area contributed by atoms with Gasteiger partial charge < -0.3 is 20.2 Å². The standard InChI is InChI=1S/C29H25FN10O3/c1-37-16-20(15-33-37)23-17-40-27(19(12-31)14-34-40)25(35-23)18-6-7-24(32-13-18)38-8-10-39(11-9-38)28(41)26(36-29(42)43)21-4-2-3-5-22(21)30/h2-7,13-17,26,36H,8-11H2,1H3,(H,42,43). The first-order chi connectivity index (χ1) is 20.8. The molecular formula is C29H25FN10O3. The lowest BCUT2D eigenvalue weighted by molar-refractivity contribution is -0.133. The number of amides is 2. The molecule has 1 aliphatic heterocycles. The van der Waals surface area contributed by atoms with E-state index in [1.165, 1.54) is 29.3 Å². The van der Waals surface area contributed by atoms with E-state index in [4.69, 9.17) is 4.98 Å². The molecule has 1 aliphatic rings. The Morgan fingerprint density at radius 3 is 2.47 bits per heavy atom. The Hall–Kier alpha value is -5.84. The van der Waals surface area contributed by atoms with Crippen molar-refractivity contribution in [3.05, 3.63) is 84.3 Å². The number of nitrogens with one attached hydrogen (secondary N) is 1. The van der Waals surface area contributed by atoms with Crippen molar-refractivity contribution in [3.8, 4) is 28.6 Å². The number of halogens is 1. The zero-order valence-corrected chi connectivity index (χ0v) is 22.9. The van der Waals surface area contributed by atoms with E-state index in [0.717, 1.165) is 5.56 Å². The second kappa shape index (κ2) is 11.2. The van der Waals surface area contributed by atoms with Gasteiger partial charge in [0.1, 0.15) is 34.8 Å². The molecule has 1 atom stereocenters. The van der Waals surface area contributed by atoms with Crippen molar-refractivity contribution in [3.63, 3.8) is 0 Å². The Morgan fingerprint density at radius 2 is 1.81 bits per heavy atom. The molecule has 14 heteroatoms. The molecule has 216 valence electrons. The third-order valence-electron chi connectivity index (χ3n) is 7.29. The minimum absolute atomic E-state index is 0.0253. The molecule has 0 spiro atoms. The summed E-state index contributed by atoms with van der Waals surface area (Å²) in [5.41, 5.74) is 3.61. The number of aromatic nitrogens is 6. The molecule has 1 aromatic carbocycles. The van der Waals surface area contributed by atoms with Gasteiger partial charge in [0.05, 0.1) is 30.0 Å². The summed E-state index contributed by atoms with van der Waals surface area (Å²) in [6, 6.07) is 10.2. The molecule has 0 aliphatic carbocycles. The van der Waals surface area contributed by atoms with E-state index >= 15 is 0 Å². The van der Waals surface area contributed by atoms with Crippen molar-refractivity contribution >= 4 is 23.3 Å². The number of nitriles is 1. The highest BCUT2D eigenvalue weighted by Gasteiger charge is 2.32. The van der Waals surface area contributed by atoms with Crippen molar-refractivity contribution in [1.82, 2.24) is 39.6 Å². The van der Waals surface area contributed by atoms with E-state index in [0.29, 0.717) is 60.0 Å². The Morgan fingerprint density at radius 1 is 1.02 bits per heavy atom. The van der Waals surface area contributed by atoms with Gasteiger partial charge in [-0.25, -0.2) is 23.7 Å². The van der Waals surface area contributed by atoms with Crippen molar-refractivity contribution in [2.75, 3.05) is 31.1 Å². The van der Waals surface area contributed by atoms with Gasteiger partial charge in [0.25, 0.3) is 0 Å². The fraction of sp³-hybridized carbons (Fsp3) is 0.207. The van der Waals surface area contributed by atoms with Crippen LogP contribution >= 0.6 is 0 Å². The number of anilines is 1. The lowest BCUT2D eigenvalue weighted by Crippen LogP contribution is -2.52. The van der Waals surface area contributed by atoms with Crippen LogP contribution in [0.3, 0.4) is 0 Å². The Labute approximate surface area is 244 Å². The van der Waals surface area contributed by atoms with Gasteiger partial charge in [-0.05, 0) is 18.2 Å². The molecule has 1 unspecified atom stereocenters. The number of hydrogen-bond acceptors (Lipinski definition) is 8. The van der Waals surface area contributed by atoms with Crippen LogP contribution in [0.25, 0.3) is 28.0 Å². The van der Waals surface area contributed by atoms with Gasteiger partial charge in [-0.3, -0.25) is 9.48 Å². The maximum atomic E-state index is 14.4. The maximum absolute atomic E-state index is 14.4. The molecule has 1 saturated heterocycles. The van der Waals surface area contributed by atoms with Crippen LogP contribution in [0.4, 0.5) is 15.0 Å². The van der Waals surface area contributed by atoms with Crippen LogP contribution in [0.15, 0.2) is 67.4 Å². The first-order valence-corrected chi connectivity index (χ1v) is 13.3. The SMILES string of the molecule is Cn1cc(-c2cn3ncc(C#N)c3c(-c3ccc(N4CCN(C(=O)C(NC(=O)O)c5ccccc5F)CC4)nc3)n2)cn1. The molecule has 1 fully saturated rings. The molecule has 0 saturated carbocycles. The molecule has 43 heavy (non-hydrogen) atoms. The first-order valence-electron chi connectivity index (χ1n) is 13.3. The molecule has 5 aromatic rings. The van der Waals surface area contributed by atoms with Gasteiger partial charge in [0, 0.05) is 62.3 Å². The van der Waals surface area contributed by atoms with Crippen molar-refractivity contribution in [2.24, 2.45) is 7.05 Å². The van der Waals surface area contributed by atoms with E-state index in [1.54, 1.807) is 33.9 Å². The third-order valence-corrected chi connectivity index (χ3v) is 7.29. The molecular weight excluding hydrogens is 555 g/mol. The number of piperazine rings is 1. The van der Waals surface area contributed by atoms with Gasteiger partial charge in [-0.15, -0.1) is 0 Å². The first kappa shape index (κ1) is 27.3. The Balaban J connectivity index is 1.21. The molecule has 5 heterocycles. The predicted octanol–water partition coefficient (Wildman–Crippen LogP) is 2.86. The number of nitrogens with zero attached hydrogens (tertiary/aromatic N) is 9. The lowest BCUT2D eigenvalue weighted by Gasteiger charge is -2.37. The topological polar surface area (TPSA) is 158 Å². The van der Waals surface area contributed by atoms with Crippen molar-refractivity contribution < 1.29 is 19.1 Å². The summed E-state index contributed by atoms with van der Waals surface area (Å²) >= 11 is 0. The van der Waals surface area contributed by atoms with Gasteiger partial charge in [0.2, 0.25) is 5.91 Å². The number of carboxylic acid groups (broad SMARTS) is 1. The number of pyridine rings is 1. The second-order valence-electron chi connectivity index (χ2n) is 9.96. The fourth-order valence-corrected chi connectivity index (χ4v) is 5.15. The van der Waals surface area contributed by atoms with Crippen LogP contribution in [0.1, 0.15) is 17.2 Å². The van der Waals surface area contributed by atoms with Gasteiger partial charge >= 0.3 is 6.09 Å². The summed E-state index contributed by atoms with van der Waals surface area (Å²) in [6.07, 6.45) is 7.06. The summed E-state index contributed by atoms with van der Waals surface area (Å²) < 4.78 is 17.7. The molecule has 0 radical (unpaired) electrons. The van der Waals surface area contributed by atoms with Crippen LogP contribution in [0.2, 0.25) is 0 Å². The van der Waals surface area contributed by atoms with Crippen molar-refractivity contribution in [2.45, 2.75) is 6.04 Å². The second-order valence-corrected chi connectivity index (χ2v) is 9.96. The van der Waals surface area contributed by atoms with Crippen LogP contribution in [0, 0.1) is 17.1 Å². The molecule has 2 amide bonds. The highest BCUT2D eigenvalue weighted by atomic mass is 19.1. The number of carbonyl (C=O) groups excluding carboxylic acids is 1. The number of aryl methyl sites for hydroxylation is 1. The molecule has 6 rings (SSSR count). The monoisotopic (exact) mass is 580 g/mol. The fourth-order valence-electron chi connectivity index (χ4n) is 5.15.